The molecule has 0 radical (unpaired) electrons. The molecule has 6 heteroatoms. The van der Waals surface area contributed by atoms with Crippen molar-refractivity contribution in [1.82, 2.24) is 9.88 Å². The standard InChI is InChI=1S/C25H22N4O2/c26-24(30)17-7-9-19(10-8-17)28-12-14-29(15-13-28)25(31)22-16-18-4-1-2-5-20(18)21-6-3-11-27-23(21)22/h1-11,16H,12-15H2,(H2,26,30). The van der Waals surface area contributed by atoms with Gasteiger partial charge in [0.25, 0.3) is 5.91 Å². The predicted octanol–water partition coefficient (Wildman–Crippen LogP) is 3.45. The van der Waals surface area contributed by atoms with Crippen LogP contribution in [0.15, 0.2) is 72.9 Å². The van der Waals surface area contributed by atoms with Crippen molar-refractivity contribution in [3.63, 3.8) is 0 Å². The lowest BCUT2D eigenvalue weighted by atomic mass is 10.00. The lowest BCUT2D eigenvalue weighted by Gasteiger charge is -2.36. The minimum absolute atomic E-state index is 0.0122. The smallest absolute Gasteiger partial charge is 0.256 e. The number of carbonyl (C=O) groups excluding carboxylic acids is 2. The van der Waals surface area contributed by atoms with Gasteiger partial charge in [-0.15, -0.1) is 0 Å². The van der Waals surface area contributed by atoms with Gasteiger partial charge in [-0.2, -0.15) is 0 Å². The highest BCUT2D eigenvalue weighted by atomic mass is 16.2. The third-order valence-electron chi connectivity index (χ3n) is 5.93. The summed E-state index contributed by atoms with van der Waals surface area (Å²) in [6.07, 6.45) is 1.74. The number of aromatic nitrogens is 1. The molecule has 0 spiro atoms. The summed E-state index contributed by atoms with van der Waals surface area (Å²) in [6, 6.07) is 21.3. The molecule has 1 aliphatic rings. The number of pyridine rings is 1. The number of hydrogen-bond donors (Lipinski definition) is 1. The number of amides is 2. The second-order valence-electron chi connectivity index (χ2n) is 7.74. The fourth-order valence-corrected chi connectivity index (χ4v) is 4.27. The van der Waals surface area contributed by atoms with Crippen molar-refractivity contribution in [2.75, 3.05) is 31.1 Å². The molecule has 1 aliphatic heterocycles. The average molecular weight is 410 g/mol. The highest BCUT2D eigenvalue weighted by molar-refractivity contribution is 6.15. The van der Waals surface area contributed by atoms with E-state index in [4.69, 9.17) is 5.73 Å². The van der Waals surface area contributed by atoms with E-state index in [1.807, 2.05) is 53.4 Å². The highest BCUT2D eigenvalue weighted by Gasteiger charge is 2.24. The van der Waals surface area contributed by atoms with E-state index in [9.17, 15) is 9.59 Å². The van der Waals surface area contributed by atoms with Gasteiger partial charge >= 0.3 is 0 Å². The molecule has 1 aromatic heterocycles. The fraction of sp³-hybridized carbons (Fsp3) is 0.160. The molecule has 154 valence electrons. The van der Waals surface area contributed by atoms with Crippen LogP contribution in [0.5, 0.6) is 0 Å². The van der Waals surface area contributed by atoms with Crippen molar-refractivity contribution in [3.05, 3.63) is 84.1 Å². The van der Waals surface area contributed by atoms with Crippen LogP contribution < -0.4 is 10.6 Å². The Bertz CT molecular complexity index is 1290. The van der Waals surface area contributed by atoms with E-state index in [0.717, 1.165) is 40.5 Å². The second-order valence-corrected chi connectivity index (χ2v) is 7.74. The van der Waals surface area contributed by atoms with Crippen LogP contribution in [-0.4, -0.2) is 47.9 Å². The third kappa shape index (κ3) is 3.46. The largest absolute Gasteiger partial charge is 0.368 e. The molecule has 3 aromatic carbocycles. The molecule has 2 N–H and O–H groups in total. The van der Waals surface area contributed by atoms with Gasteiger partial charge in [-0.25, -0.2) is 0 Å². The summed E-state index contributed by atoms with van der Waals surface area (Å²) in [6.45, 7) is 2.69. The lowest BCUT2D eigenvalue weighted by Crippen LogP contribution is -2.48. The molecule has 2 heterocycles. The Morgan fingerprint density at radius 3 is 2.29 bits per heavy atom. The molecule has 0 atom stereocenters. The van der Waals surface area contributed by atoms with Crippen molar-refractivity contribution < 1.29 is 9.59 Å². The zero-order valence-electron chi connectivity index (χ0n) is 17.0. The van der Waals surface area contributed by atoms with Gasteiger partial charge < -0.3 is 15.5 Å². The molecular weight excluding hydrogens is 388 g/mol. The first-order valence-electron chi connectivity index (χ1n) is 10.3. The van der Waals surface area contributed by atoms with E-state index < -0.39 is 5.91 Å². The van der Waals surface area contributed by atoms with E-state index in [1.54, 1.807) is 18.3 Å². The number of nitrogens with two attached hydrogens (primary N) is 1. The van der Waals surface area contributed by atoms with Crippen molar-refractivity contribution in [1.29, 1.82) is 0 Å². The third-order valence-corrected chi connectivity index (χ3v) is 5.93. The van der Waals surface area contributed by atoms with Crippen LogP contribution in [0.4, 0.5) is 5.69 Å². The molecule has 0 saturated carbocycles. The van der Waals surface area contributed by atoms with Crippen LogP contribution in [0.25, 0.3) is 21.7 Å². The molecule has 1 fully saturated rings. The number of carbonyl (C=O) groups is 2. The van der Waals surface area contributed by atoms with E-state index in [-0.39, 0.29) is 5.91 Å². The van der Waals surface area contributed by atoms with Crippen molar-refractivity contribution in [3.8, 4) is 0 Å². The van der Waals surface area contributed by atoms with Crippen LogP contribution in [0.1, 0.15) is 20.7 Å². The predicted molar refractivity (Wildman–Crippen MR) is 122 cm³/mol. The normalized spacial score (nSPS) is 14.2. The summed E-state index contributed by atoms with van der Waals surface area (Å²) < 4.78 is 0. The molecule has 2 amide bonds. The molecular formula is C25H22N4O2. The van der Waals surface area contributed by atoms with E-state index in [1.165, 1.54) is 0 Å². The Morgan fingerprint density at radius 2 is 1.55 bits per heavy atom. The molecule has 31 heavy (non-hydrogen) atoms. The Morgan fingerprint density at radius 1 is 0.839 bits per heavy atom. The van der Waals surface area contributed by atoms with Gasteiger partial charge in [0.05, 0.1) is 11.1 Å². The first-order chi connectivity index (χ1) is 15.1. The number of rotatable bonds is 3. The maximum atomic E-state index is 13.4. The summed E-state index contributed by atoms with van der Waals surface area (Å²) in [5, 5.41) is 3.14. The van der Waals surface area contributed by atoms with Gasteiger partial charge in [-0.3, -0.25) is 14.6 Å². The SMILES string of the molecule is NC(=O)c1ccc(N2CCN(C(=O)c3cc4ccccc4c4cccnc34)CC2)cc1. The van der Waals surface area contributed by atoms with Gasteiger partial charge in [0.15, 0.2) is 0 Å². The van der Waals surface area contributed by atoms with Crippen LogP contribution in [-0.2, 0) is 0 Å². The minimum Gasteiger partial charge on any atom is -0.368 e. The monoisotopic (exact) mass is 410 g/mol. The number of nitrogens with zero attached hydrogens (tertiary/aromatic N) is 3. The molecule has 1 saturated heterocycles. The Kier molecular flexibility index (Phi) is 4.75. The Balaban J connectivity index is 1.39. The van der Waals surface area contributed by atoms with Crippen LogP contribution in [0.3, 0.4) is 0 Å². The lowest BCUT2D eigenvalue weighted by molar-refractivity contribution is 0.0748. The maximum absolute atomic E-state index is 13.4. The number of primary amides is 1. The van der Waals surface area contributed by atoms with Gasteiger partial charge in [0, 0.05) is 49.0 Å². The molecule has 0 aliphatic carbocycles. The molecule has 0 unspecified atom stereocenters. The van der Waals surface area contributed by atoms with Crippen LogP contribution in [0.2, 0.25) is 0 Å². The number of fused-ring (bicyclic) bond motifs is 3. The van der Waals surface area contributed by atoms with E-state index in [0.29, 0.717) is 24.2 Å². The molecule has 4 aromatic rings. The molecule has 5 rings (SSSR count). The summed E-state index contributed by atoms with van der Waals surface area (Å²) in [7, 11) is 0. The number of hydrogen-bond acceptors (Lipinski definition) is 4. The zero-order chi connectivity index (χ0) is 21.4. The Labute approximate surface area is 179 Å². The zero-order valence-corrected chi connectivity index (χ0v) is 17.0. The number of anilines is 1. The van der Waals surface area contributed by atoms with E-state index in [2.05, 4.69) is 16.0 Å². The van der Waals surface area contributed by atoms with Crippen LogP contribution >= 0.6 is 0 Å². The summed E-state index contributed by atoms with van der Waals surface area (Å²) in [5.74, 6) is -0.420. The first kappa shape index (κ1) is 19.1. The Hall–Kier alpha value is -3.93. The average Bonchev–Trinajstić information content (AvgIpc) is 2.83. The topological polar surface area (TPSA) is 79.5 Å². The minimum atomic E-state index is -0.432. The molecule has 0 bridgehead atoms. The van der Waals surface area contributed by atoms with Gasteiger partial charge in [0.1, 0.15) is 0 Å². The van der Waals surface area contributed by atoms with Crippen molar-refractivity contribution in [2.24, 2.45) is 5.73 Å². The summed E-state index contributed by atoms with van der Waals surface area (Å²) in [5.41, 5.74) is 8.23. The van der Waals surface area contributed by atoms with Gasteiger partial charge in [-0.05, 0) is 47.2 Å². The van der Waals surface area contributed by atoms with Crippen molar-refractivity contribution in [2.45, 2.75) is 0 Å². The van der Waals surface area contributed by atoms with Gasteiger partial charge in [-0.1, -0.05) is 30.3 Å². The highest BCUT2D eigenvalue weighted by Crippen LogP contribution is 2.28. The fourth-order valence-electron chi connectivity index (χ4n) is 4.27. The van der Waals surface area contributed by atoms with Crippen LogP contribution in [0, 0.1) is 0 Å². The summed E-state index contributed by atoms with van der Waals surface area (Å²) >= 11 is 0. The number of piperazine rings is 1. The van der Waals surface area contributed by atoms with E-state index >= 15 is 0 Å². The second kappa shape index (κ2) is 7.72. The van der Waals surface area contributed by atoms with Crippen molar-refractivity contribution >= 4 is 39.2 Å². The number of benzene rings is 3. The quantitative estimate of drug-likeness (QED) is 0.525. The van der Waals surface area contributed by atoms with Gasteiger partial charge in [0.2, 0.25) is 5.91 Å². The first-order valence-corrected chi connectivity index (χ1v) is 10.3. The molecule has 6 nitrogen and oxygen atoms in total. The summed E-state index contributed by atoms with van der Waals surface area (Å²) in [4.78, 5) is 33.4. The maximum Gasteiger partial charge on any atom is 0.256 e.